The van der Waals surface area contributed by atoms with Crippen molar-refractivity contribution in [3.8, 4) is 0 Å². The Labute approximate surface area is 184 Å². The van der Waals surface area contributed by atoms with Crippen molar-refractivity contribution in [1.82, 2.24) is 5.32 Å². The third-order valence-electron chi connectivity index (χ3n) is 6.07. The standard InChI is InChI=1S/C25H25F3N2O2/c1-16(21-8-4-6-17-5-2-3-7-22(17)21)29-19-11-12-30(15-19)20-10-9-18(13-24(31)32)23(14-20)25(26,27)28/h2-10,14,16,19,29H,11-13,15H2,1H3,(H,31,32)/t16-,19+/m1/s1. The average Bonchev–Trinajstić information content (AvgIpc) is 3.20. The fourth-order valence-electron chi connectivity index (χ4n) is 4.54. The van der Waals surface area contributed by atoms with Gasteiger partial charge in [-0.1, -0.05) is 48.5 Å². The Morgan fingerprint density at radius 2 is 1.91 bits per heavy atom. The summed E-state index contributed by atoms with van der Waals surface area (Å²) in [5.41, 5.74) is 0.567. The smallest absolute Gasteiger partial charge is 0.416 e. The van der Waals surface area contributed by atoms with Crippen molar-refractivity contribution in [3.63, 3.8) is 0 Å². The average molecular weight is 442 g/mol. The quantitative estimate of drug-likeness (QED) is 0.536. The number of nitrogens with one attached hydrogen (secondary N) is 1. The lowest BCUT2D eigenvalue weighted by Crippen LogP contribution is -2.34. The molecule has 3 aromatic rings. The summed E-state index contributed by atoms with van der Waals surface area (Å²) in [7, 11) is 0. The summed E-state index contributed by atoms with van der Waals surface area (Å²) in [6.45, 7) is 3.33. The van der Waals surface area contributed by atoms with Crippen LogP contribution in [0.15, 0.2) is 60.7 Å². The van der Waals surface area contributed by atoms with Gasteiger partial charge in [-0.3, -0.25) is 4.79 Å². The number of hydrogen-bond acceptors (Lipinski definition) is 3. The van der Waals surface area contributed by atoms with Gasteiger partial charge in [-0.15, -0.1) is 0 Å². The highest BCUT2D eigenvalue weighted by molar-refractivity contribution is 5.86. The van der Waals surface area contributed by atoms with Gasteiger partial charge in [0.05, 0.1) is 12.0 Å². The molecule has 0 radical (unpaired) electrons. The van der Waals surface area contributed by atoms with E-state index in [2.05, 4.69) is 36.5 Å². The Hall–Kier alpha value is -3.06. The van der Waals surface area contributed by atoms with Crippen LogP contribution in [0.25, 0.3) is 10.8 Å². The Kier molecular flexibility index (Phi) is 6.11. The van der Waals surface area contributed by atoms with Crippen molar-refractivity contribution in [1.29, 1.82) is 0 Å². The van der Waals surface area contributed by atoms with Crippen LogP contribution < -0.4 is 10.2 Å². The summed E-state index contributed by atoms with van der Waals surface area (Å²) >= 11 is 0. The number of fused-ring (bicyclic) bond motifs is 1. The number of halogens is 3. The third kappa shape index (κ3) is 4.72. The van der Waals surface area contributed by atoms with Gasteiger partial charge in [0.2, 0.25) is 0 Å². The number of alkyl halides is 3. The molecule has 0 bridgehead atoms. The zero-order valence-corrected chi connectivity index (χ0v) is 17.7. The predicted molar refractivity (Wildman–Crippen MR) is 119 cm³/mol. The lowest BCUT2D eigenvalue weighted by atomic mass is 9.99. The number of nitrogens with zero attached hydrogens (tertiary/aromatic N) is 1. The van der Waals surface area contributed by atoms with Crippen LogP contribution in [0, 0.1) is 0 Å². The van der Waals surface area contributed by atoms with Gasteiger partial charge in [-0.25, -0.2) is 0 Å². The van der Waals surface area contributed by atoms with Crippen molar-refractivity contribution in [3.05, 3.63) is 77.4 Å². The van der Waals surface area contributed by atoms with E-state index in [0.717, 1.165) is 12.5 Å². The van der Waals surface area contributed by atoms with Gasteiger partial charge in [0, 0.05) is 30.9 Å². The maximum absolute atomic E-state index is 13.5. The maximum atomic E-state index is 13.5. The molecule has 32 heavy (non-hydrogen) atoms. The first-order valence-electron chi connectivity index (χ1n) is 10.6. The zero-order valence-electron chi connectivity index (χ0n) is 17.7. The highest BCUT2D eigenvalue weighted by atomic mass is 19.4. The molecule has 0 aromatic heterocycles. The molecule has 1 aliphatic rings. The molecule has 0 saturated carbocycles. The molecule has 2 atom stereocenters. The lowest BCUT2D eigenvalue weighted by Gasteiger charge is -2.24. The molecule has 168 valence electrons. The Morgan fingerprint density at radius 3 is 2.66 bits per heavy atom. The molecule has 1 fully saturated rings. The van der Waals surface area contributed by atoms with Crippen LogP contribution >= 0.6 is 0 Å². The fourth-order valence-corrected chi connectivity index (χ4v) is 4.54. The van der Waals surface area contributed by atoms with Gasteiger partial charge in [0.15, 0.2) is 0 Å². The van der Waals surface area contributed by atoms with Crippen molar-refractivity contribution in [2.45, 2.75) is 38.0 Å². The number of carboxylic acid groups (broad SMARTS) is 1. The molecular weight excluding hydrogens is 417 g/mol. The Bertz CT molecular complexity index is 1120. The van der Waals surface area contributed by atoms with Gasteiger partial charge in [-0.2, -0.15) is 13.2 Å². The predicted octanol–water partition coefficient (Wildman–Crippen LogP) is 5.42. The van der Waals surface area contributed by atoms with E-state index < -0.39 is 24.1 Å². The highest BCUT2D eigenvalue weighted by Crippen LogP contribution is 2.36. The summed E-state index contributed by atoms with van der Waals surface area (Å²) in [6, 6.07) is 18.6. The van der Waals surface area contributed by atoms with Crippen LogP contribution in [0.4, 0.5) is 18.9 Å². The summed E-state index contributed by atoms with van der Waals surface area (Å²) in [5, 5.41) is 14.9. The number of hydrogen-bond donors (Lipinski definition) is 2. The van der Waals surface area contributed by atoms with Gasteiger partial charge in [0.1, 0.15) is 0 Å². The van der Waals surface area contributed by atoms with Gasteiger partial charge < -0.3 is 15.3 Å². The molecule has 2 N–H and O–H groups in total. The number of carboxylic acids is 1. The molecule has 1 aliphatic heterocycles. The minimum Gasteiger partial charge on any atom is -0.481 e. The van der Waals surface area contributed by atoms with Gasteiger partial charge in [-0.05, 0) is 47.4 Å². The number of rotatable bonds is 6. The number of benzene rings is 3. The van der Waals surface area contributed by atoms with E-state index in [1.807, 2.05) is 23.1 Å². The Morgan fingerprint density at radius 1 is 1.16 bits per heavy atom. The normalized spacial score (nSPS) is 17.6. The van der Waals surface area contributed by atoms with E-state index in [-0.39, 0.29) is 17.6 Å². The largest absolute Gasteiger partial charge is 0.481 e. The number of aliphatic carboxylic acids is 1. The van der Waals surface area contributed by atoms with E-state index in [9.17, 15) is 18.0 Å². The van der Waals surface area contributed by atoms with E-state index in [4.69, 9.17) is 5.11 Å². The van der Waals surface area contributed by atoms with Crippen molar-refractivity contribution in [2.75, 3.05) is 18.0 Å². The summed E-state index contributed by atoms with van der Waals surface area (Å²) in [6.07, 6.45) is -4.43. The molecule has 0 aliphatic carbocycles. The van der Waals surface area contributed by atoms with E-state index >= 15 is 0 Å². The van der Waals surface area contributed by atoms with Crippen molar-refractivity contribution < 1.29 is 23.1 Å². The van der Waals surface area contributed by atoms with Gasteiger partial charge in [0.25, 0.3) is 0 Å². The van der Waals surface area contributed by atoms with Gasteiger partial charge >= 0.3 is 12.1 Å². The van der Waals surface area contributed by atoms with Crippen LogP contribution in [-0.4, -0.2) is 30.2 Å². The van der Waals surface area contributed by atoms with Crippen LogP contribution in [-0.2, 0) is 17.4 Å². The first-order chi connectivity index (χ1) is 15.2. The fraction of sp³-hybridized carbons (Fsp3) is 0.320. The van der Waals surface area contributed by atoms with E-state index in [0.29, 0.717) is 18.8 Å². The first kappa shape index (κ1) is 22.1. The molecule has 7 heteroatoms. The molecule has 0 unspecified atom stereocenters. The first-order valence-corrected chi connectivity index (χ1v) is 10.6. The maximum Gasteiger partial charge on any atom is 0.416 e. The number of anilines is 1. The SMILES string of the molecule is C[C@@H](N[C@H]1CCN(c2ccc(CC(=O)O)c(C(F)(F)F)c2)C1)c1cccc2ccccc12. The van der Waals surface area contributed by atoms with Crippen LogP contribution in [0.1, 0.15) is 36.1 Å². The topological polar surface area (TPSA) is 52.6 Å². The summed E-state index contributed by atoms with van der Waals surface area (Å²) in [4.78, 5) is 12.9. The minimum atomic E-state index is -4.60. The van der Waals surface area contributed by atoms with Crippen molar-refractivity contribution >= 4 is 22.4 Å². The number of carbonyl (C=O) groups is 1. The van der Waals surface area contributed by atoms with Crippen LogP contribution in [0.3, 0.4) is 0 Å². The second-order valence-electron chi connectivity index (χ2n) is 8.30. The van der Waals surface area contributed by atoms with E-state index in [1.54, 1.807) is 6.07 Å². The molecule has 0 spiro atoms. The molecule has 1 saturated heterocycles. The zero-order chi connectivity index (χ0) is 22.9. The lowest BCUT2D eigenvalue weighted by molar-refractivity contribution is -0.139. The third-order valence-corrected chi connectivity index (χ3v) is 6.07. The molecule has 4 rings (SSSR count). The van der Waals surface area contributed by atoms with Crippen molar-refractivity contribution in [2.24, 2.45) is 0 Å². The minimum absolute atomic E-state index is 0.0923. The molecule has 4 nitrogen and oxygen atoms in total. The highest BCUT2D eigenvalue weighted by Gasteiger charge is 2.35. The molecular formula is C25H25F3N2O2. The molecule has 3 aromatic carbocycles. The summed E-state index contributed by atoms with van der Waals surface area (Å²) < 4.78 is 40.5. The monoisotopic (exact) mass is 442 g/mol. The molecule has 0 amide bonds. The summed E-state index contributed by atoms with van der Waals surface area (Å²) in [5.74, 6) is -1.28. The second kappa shape index (κ2) is 8.82. The Balaban J connectivity index is 1.49. The molecule has 1 heterocycles. The van der Waals surface area contributed by atoms with E-state index in [1.165, 1.54) is 22.4 Å². The van der Waals surface area contributed by atoms with Crippen LogP contribution in [0.5, 0.6) is 0 Å². The second-order valence-corrected chi connectivity index (χ2v) is 8.30. The van der Waals surface area contributed by atoms with Crippen LogP contribution in [0.2, 0.25) is 0 Å².